The van der Waals surface area contributed by atoms with E-state index in [1.54, 1.807) is 36.4 Å². The Bertz CT molecular complexity index is 824. The Balaban J connectivity index is 2.16. The highest BCUT2D eigenvalue weighted by molar-refractivity contribution is 5.87. The minimum Gasteiger partial charge on any atom is -0.476 e. The number of carbonyl (C=O) groups is 1. The summed E-state index contributed by atoms with van der Waals surface area (Å²) >= 11 is 0. The van der Waals surface area contributed by atoms with Crippen LogP contribution in [0.3, 0.4) is 0 Å². The SMILES string of the molecule is N#Cc1ccc(-n2nc(C(=O)O)cc2-c2ccco2)cc1. The number of nitrogens with zero attached hydrogens (tertiary/aromatic N) is 3. The fraction of sp³-hybridized carbons (Fsp3) is 0. The molecule has 2 heterocycles. The van der Waals surface area contributed by atoms with Crippen LogP contribution in [0.4, 0.5) is 0 Å². The molecule has 6 nitrogen and oxygen atoms in total. The van der Waals surface area contributed by atoms with Crippen molar-refractivity contribution in [2.45, 2.75) is 0 Å². The first-order valence-electron chi connectivity index (χ1n) is 6.07. The van der Waals surface area contributed by atoms with E-state index in [0.29, 0.717) is 22.7 Å². The molecule has 1 N–H and O–H groups in total. The summed E-state index contributed by atoms with van der Waals surface area (Å²) in [6.07, 6.45) is 1.51. The van der Waals surface area contributed by atoms with Crippen LogP contribution in [0.15, 0.2) is 53.1 Å². The van der Waals surface area contributed by atoms with E-state index in [0.717, 1.165) is 0 Å². The number of benzene rings is 1. The maximum absolute atomic E-state index is 11.1. The van der Waals surface area contributed by atoms with Gasteiger partial charge in [0.15, 0.2) is 11.5 Å². The average molecular weight is 279 g/mol. The molecular formula is C15H9N3O3. The highest BCUT2D eigenvalue weighted by atomic mass is 16.4. The van der Waals surface area contributed by atoms with Crippen molar-refractivity contribution in [1.82, 2.24) is 9.78 Å². The Hall–Kier alpha value is -3.33. The zero-order valence-corrected chi connectivity index (χ0v) is 10.7. The molecule has 0 fully saturated rings. The molecule has 0 aliphatic carbocycles. The van der Waals surface area contributed by atoms with Gasteiger partial charge in [0.05, 0.1) is 23.6 Å². The third-order valence-corrected chi connectivity index (χ3v) is 2.94. The normalized spacial score (nSPS) is 10.2. The summed E-state index contributed by atoms with van der Waals surface area (Å²) in [5, 5.41) is 22.0. The van der Waals surface area contributed by atoms with E-state index in [1.807, 2.05) is 6.07 Å². The highest BCUT2D eigenvalue weighted by Gasteiger charge is 2.17. The molecule has 2 aromatic heterocycles. The van der Waals surface area contributed by atoms with E-state index < -0.39 is 5.97 Å². The minimum absolute atomic E-state index is 0.0780. The van der Waals surface area contributed by atoms with Crippen molar-refractivity contribution in [3.05, 3.63) is 60.0 Å². The van der Waals surface area contributed by atoms with Gasteiger partial charge >= 0.3 is 5.97 Å². The second-order valence-corrected chi connectivity index (χ2v) is 4.27. The Labute approximate surface area is 119 Å². The second kappa shape index (κ2) is 4.98. The smallest absolute Gasteiger partial charge is 0.356 e. The van der Waals surface area contributed by atoms with E-state index in [1.165, 1.54) is 17.0 Å². The molecule has 102 valence electrons. The van der Waals surface area contributed by atoms with Crippen LogP contribution in [-0.4, -0.2) is 20.9 Å². The molecule has 0 saturated heterocycles. The summed E-state index contributed by atoms with van der Waals surface area (Å²) in [6, 6.07) is 13.6. The Kier molecular flexibility index (Phi) is 3.01. The number of furan rings is 1. The van der Waals surface area contributed by atoms with Crippen LogP contribution >= 0.6 is 0 Å². The van der Waals surface area contributed by atoms with Gasteiger partial charge in [-0.2, -0.15) is 10.4 Å². The van der Waals surface area contributed by atoms with E-state index in [4.69, 9.17) is 14.8 Å². The predicted molar refractivity (Wildman–Crippen MR) is 72.9 cm³/mol. The van der Waals surface area contributed by atoms with Crippen molar-refractivity contribution in [2.75, 3.05) is 0 Å². The van der Waals surface area contributed by atoms with Crippen molar-refractivity contribution >= 4 is 5.97 Å². The van der Waals surface area contributed by atoms with Gasteiger partial charge < -0.3 is 9.52 Å². The van der Waals surface area contributed by atoms with Crippen LogP contribution in [0.2, 0.25) is 0 Å². The number of aromatic carboxylic acids is 1. The van der Waals surface area contributed by atoms with Crippen molar-refractivity contribution in [3.63, 3.8) is 0 Å². The number of carboxylic acid groups (broad SMARTS) is 1. The lowest BCUT2D eigenvalue weighted by Crippen LogP contribution is -2.02. The van der Waals surface area contributed by atoms with E-state index >= 15 is 0 Å². The number of rotatable bonds is 3. The molecule has 0 aliphatic heterocycles. The quantitative estimate of drug-likeness (QED) is 0.795. The van der Waals surface area contributed by atoms with Crippen LogP contribution in [0.25, 0.3) is 17.1 Å². The summed E-state index contributed by atoms with van der Waals surface area (Å²) in [4.78, 5) is 11.1. The molecule has 0 atom stereocenters. The molecule has 0 unspecified atom stereocenters. The molecule has 0 amide bonds. The van der Waals surface area contributed by atoms with Crippen LogP contribution in [0, 0.1) is 11.3 Å². The molecule has 0 aliphatic rings. The predicted octanol–water partition coefficient (Wildman–Crippen LogP) is 2.70. The number of aromatic nitrogens is 2. The fourth-order valence-corrected chi connectivity index (χ4v) is 1.96. The van der Waals surface area contributed by atoms with E-state index in [2.05, 4.69) is 5.10 Å². The van der Waals surface area contributed by atoms with E-state index in [9.17, 15) is 4.79 Å². The molecule has 3 rings (SSSR count). The molecule has 0 bridgehead atoms. The number of nitriles is 1. The first-order valence-corrected chi connectivity index (χ1v) is 6.07. The van der Waals surface area contributed by atoms with Gasteiger partial charge in [-0.05, 0) is 36.4 Å². The zero-order valence-electron chi connectivity index (χ0n) is 10.7. The van der Waals surface area contributed by atoms with Crippen LogP contribution in [-0.2, 0) is 0 Å². The van der Waals surface area contributed by atoms with Crippen molar-refractivity contribution in [3.8, 4) is 23.2 Å². The lowest BCUT2D eigenvalue weighted by Gasteiger charge is -2.05. The van der Waals surface area contributed by atoms with E-state index in [-0.39, 0.29) is 5.69 Å². The standard InChI is InChI=1S/C15H9N3O3/c16-9-10-3-5-11(6-4-10)18-13(14-2-1-7-21-14)8-12(17-18)15(19)20/h1-8H,(H,19,20). The summed E-state index contributed by atoms with van der Waals surface area (Å²) in [5.41, 5.74) is 1.62. The molecule has 3 aromatic rings. The van der Waals surface area contributed by atoms with Gasteiger partial charge in [0.25, 0.3) is 0 Å². The molecule has 6 heteroatoms. The summed E-state index contributed by atoms with van der Waals surface area (Å²) < 4.78 is 6.79. The molecule has 0 radical (unpaired) electrons. The summed E-state index contributed by atoms with van der Waals surface area (Å²) in [7, 11) is 0. The second-order valence-electron chi connectivity index (χ2n) is 4.27. The third-order valence-electron chi connectivity index (χ3n) is 2.94. The van der Waals surface area contributed by atoms with Crippen LogP contribution in [0.1, 0.15) is 16.1 Å². The van der Waals surface area contributed by atoms with Gasteiger partial charge in [-0.25, -0.2) is 9.48 Å². The first kappa shape index (κ1) is 12.7. The topological polar surface area (TPSA) is 92.0 Å². The van der Waals surface area contributed by atoms with Crippen molar-refractivity contribution in [2.24, 2.45) is 0 Å². The Morgan fingerprint density at radius 1 is 1.29 bits per heavy atom. The number of carboxylic acids is 1. The van der Waals surface area contributed by atoms with Gasteiger partial charge in [0.1, 0.15) is 5.69 Å². The van der Waals surface area contributed by atoms with Crippen LogP contribution in [0.5, 0.6) is 0 Å². The zero-order chi connectivity index (χ0) is 14.8. The third kappa shape index (κ3) is 2.28. The molecule has 1 aromatic carbocycles. The maximum Gasteiger partial charge on any atom is 0.356 e. The number of hydrogen-bond acceptors (Lipinski definition) is 4. The summed E-state index contributed by atoms with van der Waals surface area (Å²) in [5.74, 6) is -0.602. The molecule has 0 saturated carbocycles. The van der Waals surface area contributed by atoms with Gasteiger partial charge in [-0.1, -0.05) is 0 Å². The first-order chi connectivity index (χ1) is 10.2. The van der Waals surface area contributed by atoms with Crippen LogP contribution < -0.4 is 0 Å². The maximum atomic E-state index is 11.1. The van der Waals surface area contributed by atoms with Crippen molar-refractivity contribution < 1.29 is 14.3 Å². The van der Waals surface area contributed by atoms with Gasteiger partial charge in [0.2, 0.25) is 0 Å². The van der Waals surface area contributed by atoms with Crippen molar-refractivity contribution in [1.29, 1.82) is 5.26 Å². The number of hydrogen-bond donors (Lipinski definition) is 1. The molecule has 21 heavy (non-hydrogen) atoms. The summed E-state index contributed by atoms with van der Waals surface area (Å²) in [6.45, 7) is 0. The Morgan fingerprint density at radius 2 is 2.05 bits per heavy atom. The lowest BCUT2D eigenvalue weighted by molar-refractivity contribution is 0.0690. The fourth-order valence-electron chi connectivity index (χ4n) is 1.96. The average Bonchev–Trinajstić information content (AvgIpc) is 3.16. The minimum atomic E-state index is -1.12. The Morgan fingerprint density at radius 3 is 2.62 bits per heavy atom. The van der Waals surface area contributed by atoms with Gasteiger partial charge in [-0.3, -0.25) is 0 Å². The molecule has 0 spiro atoms. The lowest BCUT2D eigenvalue weighted by atomic mass is 10.2. The largest absolute Gasteiger partial charge is 0.476 e. The molecular weight excluding hydrogens is 270 g/mol. The van der Waals surface area contributed by atoms with Gasteiger partial charge in [-0.15, -0.1) is 0 Å². The monoisotopic (exact) mass is 279 g/mol. The van der Waals surface area contributed by atoms with Gasteiger partial charge in [0, 0.05) is 6.07 Å². The highest BCUT2D eigenvalue weighted by Crippen LogP contribution is 2.24.